The molecule has 21 heavy (non-hydrogen) atoms. The second-order valence-electron chi connectivity index (χ2n) is 4.91. The highest BCUT2D eigenvalue weighted by molar-refractivity contribution is 5.50. The van der Waals surface area contributed by atoms with E-state index in [0.29, 0.717) is 5.75 Å². The van der Waals surface area contributed by atoms with Gasteiger partial charge >= 0.3 is 5.69 Å². The molecule has 5 nitrogen and oxygen atoms in total. The summed E-state index contributed by atoms with van der Waals surface area (Å²) in [6.45, 7) is 3.88. The van der Waals surface area contributed by atoms with Crippen molar-refractivity contribution < 1.29 is 9.66 Å². The fourth-order valence-electron chi connectivity index (χ4n) is 2.00. The highest BCUT2D eigenvalue weighted by Crippen LogP contribution is 2.32. The van der Waals surface area contributed by atoms with E-state index in [1.54, 1.807) is 24.3 Å². The molecule has 0 aliphatic heterocycles. The third-order valence-corrected chi connectivity index (χ3v) is 3.29. The molecule has 0 fully saturated rings. The van der Waals surface area contributed by atoms with Gasteiger partial charge in [0.2, 0.25) is 5.75 Å². The highest BCUT2D eigenvalue weighted by atomic mass is 16.6. The van der Waals surface area contributed by atoms with Gasteiger partial charge in [0.1, 0.15) is 5.75 Å². The van der Waals surface area contributed by atoms with E-state index >= 15 is 0 Å². The molecule has 0 spiro atoms. The number of nitrogens with zero attached hydrogens (tertiary/aromatic N) is 1. The number of benzene rings is 2. The van der Waals surface area contributed by atoms with Crippen molar-refractivity contribution in [1.82, 2.24) is 0 Å². The van der Waals surface area contributed by atoms with E-state index in [9.17, 15) is 10.1 Å². The Morgan fingerprint density at radius 2 is 1.90 bits per heavy atom. The summed E-state index contributed by atoms with van der Waals surface area (Å²) in [6.07, 6.45) is 0.851. The third kappa shape index (κ3) is 3.58. The molecule has 0 bridgehead atoms. The average molecular weight is 286 g/mol. The summed E-state index contributed by atoms with van der Waals surface area (Å²) < 4.78 is 5.64. The molecule has 0 heterocycles. The van der Waals surface area contributed by atoms with Crippen LogP contribution < -0.4 is 10.5 Å². The van der Waals surface area contributed by atoms with Crippen molar-refractivity contribution >= 4 is 5.69 Å². The van der Waals surface area contributed by atoms with E-state index < -0.39 is 4.92 Å². The van der Waals surface area contributed by atoms with Crippen LogP contribution in [0.5, 0.6) is 11.5 Å². The van der Waals surface area contributed by atoms with Gasteiger partial charge < -0.3 is 10.5 Å². The largest absolute Gasteiger partial charge is 0.450 e. The quantitative estimate of drug-likeness (QED) is 0.662. The second-order valence-corrected chi connectivity index (χ2v) is 4.91. The van der Waals surface area contributed by atoms with Crippen LogP contribution in [0.2, 0.25) is 0 Å². The van der Waals surface area contributed by atoms with Gasteiger partial charge in [-0.1, -0.05) is 25.1 Å². The molecule has 1 atom stereocenters. The number of rotatable bonds is 5. The van der Waals surface area contributed by atoms with Gasteiger partial charge in [0.15, 0.2) is 0 Å². The first-order valence-corrected chi connectivity index (χ1v) is 6.79. The van der Waals surface area contributed by atoms with Gasteiger partial charge in [-0.2, -0.15) is 0 Å². The molecule has 5 heteroatoms. The van der Waals surface area contributed by atoms with Crippen LogP contribution in [-0.2, 0) is 0 Å². The van der Waals surface area contributed by atoms with Crippen LogP contribution in [0.1, 0.15) is 30.5 Å². The van der Waals surface area contributed by atoms with Gasteiger partial charge in [-0.3, -0.25) is 10.1 Å². The van der Waals surface area contributed by atoms with Crippen molar-refractivity contribution in [3.63, 3.8) is 0 Å². The topological polar surface area (TPSA) is 78.4 Å². The summed E-state index contributed by atoms with van der Waals surface area (Å²) in [5.41, 5.74) is 7.82. The average Bonchev–Trinajstić information content (AvgIpc) is 2.47. The minimum Gasteiger partial charge on any atom is -0.450 e. The minimum absolute atomic E-state index is 0.00708. The lowest BCUT2D eigenvalue weighted by Gasteiger charge is -2.11. The number of nitro groups is 1. The van der Waals surface area contributed by atoms with E-state index in [1.807, 2.05) is 26.0 Å². The number of hydrogen-bond donors (Lipinski definition) is 1. The zero-order valence-corrected chi connectivity index (χ0v) is 12.1. The molecular weight excluding hydrogens is 268 g/mol. The number of hydrogen-bond acceptors (Lipinski definition) is 4. The lowest BCUT2D eigenvalue weighted by Crippen LogP contribution is -2.08. The fraction of sp³-hybridized carbons (Fsp3) is 0.250. The molecule has 0 aliphatic carbocycles. The Morgan fingerprint density at radius 3 is 2.48 bits per heavy atom. The molecule has 0 aromatic heterocycles. The van der Waals surface area contributed by atoms with Crippen molar-refractivity contribution in [3.05, 3.63) is 63.7 Å². The van der Waals surface area contributed by atoms with Crippen molar-refractivity contribution in [2.24, 2.45) is 5.73 Å². The Balaban J connectivity index is 2.26. The van der Waals surface area contributed by atoms with Crippen molar-refractivity contribution in [2.45, 2.75) is 26.3 Å². The normalized spacial score (nSPS) is 12.0. The van der Waals surface area contributed by atoms with Crippen LogP contribution >= 0.6 is 0 Å². The van der Waals surface area contributed by atoms with Gasteiger partial charge in [0.25, 0.3) is 0 Å². The van der Waals surface area contributed by atoms with Crippen LogP contribution in [0.4, 0.5) is 5.69 Å². The maximum absolute atomic E-state index is 11.0. The number of aryl methyl sites for hydroxylation is 1. The Kier molecular flexibility index (Phi) is 4.55. The summed E-state index contributed by atoms with van der Waals surface area (Å²) in [4.78, 5) is 10.6. The van der Waals surface area contributed by atoms with Gasteiger partial charge in [-0.05, 0) is 42.7 Å². The Hall–Kier alpha value is -2.40. The molecule has 110 valence electrons. The first-order valence-electron chi connectivity index (χ1n) is 6.79. The first-order chi connectivity index (χ1) is 10.0. The SMILES string of the molecule is CC[C@@H](N)c1ccc(Oc2cc(C)ccc2[N+](=O)[O-])cc1. The van der Waals surface area contributed by atoms with Crippen molar-refractivity contribution in [2.75, 3.05) is 0 Å². The monoisotopic (exact) mass is 286 g/mol. The lowest BCUT2D eigenvalue weighted by atomic mass is 10.1. The lowest BCUT2D eigenvalue weighted by molar-refractivity contribution is -0.385. The summed E-state index contributed by atoms with van der Waals surface area (Å²) in [5.74, 6) is 0.795. The van der Waals surface area contributed by atoms with Gasteiger partial charge in [-0.15, -0.1) is 0 Å². The van der Waals surface area contributed by atoms with Crippen molar-refractivity contribution in [1.29, 1.82) is 0 Å². The first kappa shape index (κ1) is 15.0. The van der Waals surface area contributed by atoms with Crippen LogP contribution in [0.3, 0.4) is 0 Å². The smallest absolute Gasteiger partial charge is 0.311 e. The highest BCUT2D eigenvalue weighted by Gasteiger charge is 2.15. The Labute approximate surface area is 123 Å². The molecule has 2 N–H and O–H groups in total. The predicted octanol–water partition coefficient (Wildman–Crippen LogP) is 4.11. The molecule has 2 aromatic rings. The summed E-state index contributed by atoms with van der Waals surface area (Å²) in [7, 11) is 0. The van der Waals surface area contributed by atoms with Crippen molar-refractivity contribution in [3.8, 4) is 11.5 Å². The number of nitrogens with two attached hydrogens (primary N) is 1. The predicted molar refractivity (Wildman–Crippen MR) is 81.6 cm³/mol. The van der Waals surface area contributed by atoms with Gasteiger partial charge in [0.05, 0.1) is 4.92 Å². The van der Waals surface area contributed by atoms with Crippen LogP contribution in [0.25, 0.3) is 0 Å². The second kappa shape index (κ2) is 6.37. The standard InChI is InChI=1S/C16H18N2O3/c1-3-14(17)12-5-7-13(8-6-12)21-16-10-11(2)4-9-15(16)18(19)20/h4-10,14H,3,17H2,1-2H3/t14-/m1/s1. The molecule has 2 rings (SSSR count). The molecule has 0 amide bonds. The Morgan fingerprint density at radius 1 is 1.24 bits per heavy atom. The molecule has 0 unspecified atom stereocenters. The van der Waals surface area contributed by atoms with E-state index in [4.69, 9.17) is 10.5 Å². The molecule has 0 radical (unpaired) electrons. The maximum Gasteiger partial charge on any atom is 0.311 e. The molecule has 0 saturated carbocycles. The number of ether oxygens (including phenoxy) is 1. The van der Waals surface area contributed by atoms with E-state index in [-0.39, 0.29) is 17.5 Å². The van der Waals surface area contributed by atoms with E-state index in [1.165, 1.54) is 6.07 Å². The zero-order chi connectivity index (χ0) is 15.4. The van der Waals surface area contributed by atoms with Gasteiger partial charge in [0, 0.05) is 12.1 Å². The minimum atomic E-state index is -0.448. The number of nitro benzene ring substituents is 1. The summed E-state index contributed by atoms with van der Waals surface area (Å²) >= 11 is 0. The Bertz CT molecular complexity index is 638. The van der Waals surface area contributed by atoms with E-state index in [2.05, 4.69) is 0 Å². The third-order valence-electron chi connectivity index (χ3n) is 3.29. The van der Waals surface area contributed by atoms with Crippen LogP contribution in [0, 0.1) is 17.0 Å². The zero-order valence-electron chi connectivity index (χ0n) is 12.1. The van der Waals surface area contributed by atoms with Gasteiger partial charge in [-0.25, -0.2) is 0 Å². The molecule has 0 saturated heterocycles. The molecule has 2 aromatic carbocycles. The van der Waals surface area contributed by atoms with Crippen LogP contribution in [0.15, 0.2) is 42.5 Å². The summed E-state index contributed by atoms with van der Waals surface area (Å²) in [5, 5.41) is 11.0. The summed E-state index contributed by atoms with van der Waals surface area (Å²) in [6, 6.07) is 12.1. The maximum atomic E-state index is 11.0. The van der Waals surface area contributed by atoms with Crippen LogP contribution in [-0.4, -0.2) is 4.92 Å². The molecule has 0 aliphatic rings. The molecular formula is C16H18N2O3. The van der Waals surface area contributed by atoms with E-state index in [0.717, 1.165) is 17.5 Å². The fourth-order valence-corrected chi connectivity index (χ4v) is 2.00.